The zero-order valence-electron chi connectivity index (χ0n) is 16.3. The predicted octanol–water partition coefficient (Wildman–Crippen LogP) is 3.19. The molecule has 0 aliphatic carbocycles. The smallest absolute Gasteiger partial charge is 0.240 e. The van der Waals surface area contributed by atoms with Crippen molar-refractivity contribution in [2.45, 2.75) is 29.8 Å². The fraction of sp³-hybridized carbons (Fsp3) is 0.333. The number of methoxy groups -OCH3 is 1. The summed E-state index contributed by atoms with van der Waals surface area (Å²) >= 11 is 1.41. The number of tetrazole rings is 1. The zero-order valence-corrected chi connectivity index (χ0v) is 17.1. The molecule has 0 bridgehead atoms. The van der Waals surface area contributed by atoms with E-state index >= 15 is 0 Å². The lowest BCUT2D eigenvalue weighted by atomic mass is 10.1. The van der Waals surface area contributed by atoms with Gasteiger partial charge in [0.1, 0.15) is 11.0 Å². The minimum absolute atomic E-state index is 0.123. The van der Waals surface area contributed by atoms with Gasteiger partial charge in [-0.05, 0) is 46.5 Å². The van der Waals surface area contributed by atoms with E-state index in [9.17, 15) is 4.79 Å². The molecule has 1 aliphatic heterocycles. The van der Waals surface area contributed by atoms with Gasteiger partial charge in [0.15, 0.2) is 0 Å². The van der Waals surface area contributed by atoms with Gasteiger partial charge in [-0.2, -0.15) is 0 Å². The van der Waals surface area contributed by atoms with Crippen LogP contribution in [0.3, 0.4) is 0 Å². The second-order valence-electron chi connectivity index (χ2n) is 6.91. The summed E-state index contributed by atoms with van der Waals surface area (Å²) < 4.78 is 6.95. The van der Waals surface area contributed by atoms with Crippen molar-refractivity contribution < 1.29 is 9.53 Å². The summed E-state index contributed by atoms with van der Waals surface area (Å²) in [7, 11) is 1.65. The van der Waals surface area contributed by atoms with Crippen molar-refractivity contribution in [1.29, 1.82) is 0 Å². The third-order valence-corrected chi connectivity index (χ3v) is 6.17. The maximum Gasteiger partial charge on any atom is 0.240 e. The van der Waals surface area contributed by atoms with Crippen LogP contribution < -0.4 is 4.74 Å². The first-order valence-electron chi connectivity index (χ1n) is 9.64. The topological polar surface area (TPSA) is 73.1 Å². The van der Waals surface area contributed by atoms with E-state index in [4.69, 9.17) is 4.74 Å². The Labute approximate surface area is 174 Å². The van der Waals surface area contributed by atoms with E-state index in [2.05, 4.69) is 15.5 Å². The van der Waals surface area contributed by atoms with Crippen LogP contribution in [0.5, 0.6) is 5.75 Å². The normalized spacial score (nSPS) is 14.7. The highest BCUT2D eigenvalue weighted by Crippen LogP contribution is 2.36. The van der Waals surface area contributed by atoms with Crippen LogP contribution in [0, 0.1) is 0 Å². The molecule has 1 aromatic heterocycles. The number of amides is 1. The molecule has 4 rings (SSSR count). The maximum atomic E-state index is 13.2. The molecule has 1 unspecified atom stereocenters. The second-order valence-corrected chi connectivity index (χ2v) is 7.98. The molecule has 0 N–H and O–H groups in total. The van der Waals surface area contributed by atoms with Crippen molar-refractivity contribution >= 4 is 17.7 Å². The lowest BCUT2D eigenvalue weighted by Gasteiger charge is -2.22. The van der Waals surface area contributed by atoms with Crippen LogP contribution in [-0.2, 0) is 11.3 Å². The molecular weight excluding hydrogens is 386 g/mol. The highest BCUT2D eigenvalue weighted by atomic mass is 32.2. The lowest BCUT2D eigenvalue weighted by molar-refractivity contribution is -0.129. The fourth-order valence-electron chi connectivity index (χ4n) is 3.38. The average molecular weight is 410 g/mol. The molecule has 3 aromatic rings. The molecule has 2 aromatic carbocycles. The summed E-state index contributed by atoms with van der Waals surface area (Å²) in [5, 5.41) is 12.4. The van der Waals surface area contributed by atoms with E-state index < -0.39 is 0 Å². The molecule has 150 valence electrons. The number of benzene rings is 2. The third-order valence-electron chi connectivity index (χ3n) is 4.96. The molecule has 7 nitrogen and oxygen atoms in total. The van der Waals surface area contributed by atoms with Crippen molar-refractivity contribution in [1.82, 2.24) is 25.1 Å². The van der Waals surface area contributed by atoms with Gasteiger partial charge in [0.25, 0.3) is 0 Å². The average Bonchev–Trinajstić information content (AvgIpc) is 3.45. The molecule has 1 saturated heterocycles. The van der Waals surface area contributed by atoms with Crippen LogP contribution in [0.25, 0.3) is 0 Å². The number of thioether (sulfide) groups is 1. The number of ether oxygens (including phenoxy) is 1. The van der Waals surface area contributed by atoms with Crippen molar-refractivity contribution in [3.8, 4) is 5.75 Å². The summed E-state index contributed by atoms with van der Waals surface area (Å²) in [6.45, 7) is 2.16. The second kappa shape index (κ2) is 9.09. The summed E-state index contributed by atoms with van der Waals surface area (Å²) in [4.78, 5) is 15.2. The maximum absolute atomic E-state index is 13.2. The molecule has 1 aliphatic rings. The molecular formula is C21H23N5O2S. The minimum atomic E-state index is -0.366. The first-order chi connectivity index (χ1) is 14.2. The van der Waals surface area contributed by atoms with Gasteiger partial charge in [-0.3, -0.25) is 4.79 Å². The Kier molecular flexibility index (Phi) is 6.09. The van der Waals surface area contributed by atoms with Crippen LogP contribution in [-0.4, -0.2) is 51.2 Å². The number of carbonyl (C=O) groups is 1. The van der Waals surface area contributed by atoms with Gasteiger partial charge in [-0.1, -0.05) is 54.2 Å². The number of carbonyl (C=O) groups excluding carboxylic acids is 1. The number of nitrogens with zero attached hydrogens (tertiary/aromatic N) is 5. The summed E-state index contributed by atoms with van der Waals surface area (Å²) in [5.74, 6) is 0.929. The fourth-order valence-corrected chi connectivity index (χ4v) is 4.44. The van der Waals surface area contributed by atoms with Gasteiger partial charge in [-0.25, -0.2) is 4.68 Å². The molecule has 1 amide bonds. The van der Waals surface area contributed by atoms with Gasteiger partial charge in [-0.15, -0.1) is 5.10 Å². The summed E-state index contributed by atoms with van der Waals surface area (Å²) in [6, 6.07) is 17.6. The van der Waals surface area contributed by atoms with Crippen molar-refractivity contribution in [2.75, 3.05) is 20.2 Å². The van der Waals surface area contributed by atoms with Gasteiger partial charge >= 0.3 is 0 Å². The van der Waals surface area contributed by atoms with Crippen molar-refractivity contribution in [3.63, 3.8) is 0 Å². The number of aromatic nitrogens is 4. The summed E-state index contributed by atoms with van der Waals surface area (Å²) in [6.07, 6.45) is 2.13. The molecule has 0 radical (unpaired) electrons. The van der Waals surface area contributed by atoms with Gasteiger partial charge in [0, 0.05) is 13.1 Å². The molecule has 0 spiro atoms. The molecule has 2 heterocycles. The van der Waals surface area contributed by atoms with Crippen molar-refractivity contribution in [2.24, 2.45) is 0 Å². The van der Waals surface area contributed by atoms with Crippen LogP contribution in [0.4, 0.5) is 0 Å². The molecule has 29 heavy (non-hydrogen) atoms. The highest BCUT2D eigenvalue weighted by molar-refractivity contribution is 8.00. The number of rotatable bonds is 7. The Morgan fingerprint density at radius 1 is 1.10 bits per heavy atom. The molecule has 1 fully saturated rings. The number of hydrogen-bond acceptors (Lipinski definition) is 6. The number of hydrogen-bond donors (Lipinski definition) is 0. The monoisotopic (exact) mass is 409 g/mol. The van der Waals surface area contributed by atoms with Crippen LogP contribution >= 0.6 is 11.8 Å². The Morgan fingerprint density at radius 3 is 2.52 bits per heavy atom. The van der Waals surface area contributed by atoms with E-state index in [1.54, 1.807) is 11.8 Å². The van der Waals surface area contributed by atoms with E-state index in [0.717, 1.165) is 42.8 Å². The predicted molar refractivity (Wildman–Crippen MR) is 111 cm³/mol. The minimum Gasteiger partial charge on any atom is -0.497 e. The van der Waals surface area contributed by atoms with E-state index in [0.29, 0.717) is 11.7 Å². The summed E-state index contributed by atoms with van der Waals surface area (Å²) in [5.41, 5.74) is 2.02. The first-order valence-corrected chi connectivity index (χ1v) is 10.5. The van der Waals surface area contributed by atoms with Gasteiger partial charge in [0.2, 0.25) is 11.1 Å². The number of likely N-dealkylation sites (tertiary alicyclic amines) is 1. The Hall–Kier alpha value is -2.87. The third kappa shape index (κ3) is 4.59. The zero-order chi connectivity index (χ0) is 20.1. The quantitative estimate of drug-likeness (QED) is 0.558. The van der Waals surface area contributed by atoms with Gasteiger partial charge in [0.05, 0.1) is 13.7 Å². The lowest BCUT2D eigenvalue weighted by Crippen LogP contribution is -2.31. The Morgan fingerprint density at radius 2 is 1.83 bits per heavy atom. The van der Waals surface area contributed by atoms with Crippen LogP contribution in [0.2, 0.25) is 0 Å². The highest BCUT2D eigenvalue weighted by Gasteiger charge is 2.30. The molecule has 1 atom stereocenters. The largest absolute Gasteiger partial charge is 0.497 e. The Balaban J connectivity index is 1.56. The van der Waals surface area contributed by atoms with E-state index in [-0.39, 0.29) is 11.2 Å². The first kappa shape index (κ1) is 19.4. The standard InChI is InChI=1S/C21H23N5O2S/c1-28-18-11-9-16(10-12-18)15-26-21(22-23-24-26)29-19(17-7-3-2-4-8-17)20(27)25-13-5-6-14-25/h2-4,7-12,19H,5-6,13-15H2,1H3. The van der Waals surface area contributed by atoms with Crippen LogP contribution in [0.1, 0.15) is 29.2 Å². The van der Waals surface area contributed by atoms with Crippen LogP contribution in [0.15, 0.2) is 59.8 Å². The van der Waals surface area contributed by atoms with E-state index in [1.807, 2.05) is 59.5 Å². The van der Waals surface area contributed by atoms with E-state index in [1.165, 1.54) is 11.8 Å². The molecule has 0 saturated carbocycles. The molecule has 8 heteroatoms. The van der Waals surface area contributed by atoms with Crippen molar-refractivity contribution in [3.05, 3.63) is 65.7 Å². The Bertz CT molecular complexity index is 939. The van der Waals surface area contributed by atoms with Gasteiger partial charge < -0.3 is 9.64 Å². The SMILES string of the molecule is COc1ccc(Cn2nnnc2SC(C(=O)N2CCCC2)c2ccccc2)cc1.